The Bertz CT molecular complexity index is 199. The summed E-state index contributed by atoms with van der Waals surface area (Å²) in [5, 5.41) is 0. The number of nitrogens with two attached hydrogens (primary N) is 1. The van der Waals surface area contributed by atoms with Crippen LogP contribution >= 0.6 is 0 Å². The average Bonchev–Trinajstić information content (AvgIpc) is 1.98. The lowest BCUT2D eigenvalue weighted by Gasteiger charge is -2.25. The van der Waals surface area contributed by atoms with Gasteiger partial charge in [-0.3, -0.25) is 4.79 Å². The lowest BCUT2D eigenvalue weighted by Crippen LogP contribution is -2.44. The molecule has 0 aliphatic rings. The first-order chi connectivity index (χ1) is 6.15. The van der Waals surface area contributed by atoms with Crippen LogP contribution in [0.1, 0.15) is 34.6 Å². The number of hydrogen-bond acceptors (Lipinski definition) is 3. The summed E-state index contributed by atoms with van der Waals surface area (Å²) < 4.78 is 17.9. The summed E-state index contributed by atoms with van der Waals surface area (Å²) >= 11 is 0. The second-order valence-electron chi connectivity index (χ2n) is 4.60. The van der Waals surface area contributed by atoms with Crippen molar-refractivity contribution in [3.8, 4) is 0 Å². The first-order valence-corrected chi connectivity index (χ1v) is 4.77. The topological polar surface area (TPSA) is 52.3 Å². The summed E-state index contributed by atoms with van der Waals surface area (Å²) in [6.07, 6.45) is -1.11. The zero-order valence-corrected chi connectivity index (χ0v) is 9.50. The molecule has 14 heavy (non-hydrogen) atoms. The Morgan fingerprint density at radius 1 is 1.36 bits per heavy atom. The van der Waals surface area contributed by atoms with Crippen molar-refractivity contribution in [2.24, 2.45) is 11.7 Å². The van der Waals surface area contributed by atoms with Crippen LogP contribution < -0.4 is 5.73 Å². The highest BCUT2D eigenvalue weighted by molar-refractivity contribution is 5.76. The van der Waals surface area contributed by atoms with Crippen LogP contribution in [0.3, 0.4) is 0 Å². The van der Waals surface area contributed by atoms with Crippen LogP contribution in [0.15, 0.2) is 0 Å². The van der Waals surface area contributed by atoms with Crippen LogP contribution in [-0.2, 0) is 9.53 Å². The number of carbonyl (C=O) groups is 1. The van der Waals surface area contributed by atoms with Gasteiger partial charge < -0.3 is 10.5 Å². The molecular formula is C10H20FNO2. The molecule has 0 aromatic carbocycles. The Morgan fingerprint density at radius 3 is 2.07 bits per heavy atom. The fourth-order valence-corrected chi connectivity index (χ4v) is 0.870. The van der Waals surface area contributed by atoms with E-state index in [1.165, 1.54) is 6.92 Å². The lowest BCUT2D eigenvalue weighted by molar-refractivity contribution is -0.158. The minimum atomic E-state index is -1.11. The quantitative estimate of drug-likeness (QED) is 0.713. The third-order valence-corrected chi connectivity index (χ3v) is 1.97. The van der Waals surface area contributed by atoms with Crippen molar-refractivity contribution >= 4 is 5.97 Å². The molecule has 0 aromatic heterocycles. The summed E-state index contributed by atoms with van der Waals surface area (Å²) in [5.74, 6) is -1.07. The van der Waals surface area contributed by atoms with Gasteiger partial charge in [0.1, 0.15) is 17.8 Å². The summed E-state index contributed by atoms with van der Waals surface area (Å²) in [6, 6.07) is -0.894. The number of ether oxygens (including phenoxy) is 1. The highest BCUT2D eigenvalue weighted by Crippen LogP contribution is 2.14. The molecular weight excluding hydrogens is 185 g/mol. The minimum Gasteiger partial charge on any atom is -0.459 e. The van der Waals surface area contributed by atoms with Gasteiger partial charge >= 0.3 is 5.97 Å². The molecule has 0 radical (unpaired) electrons. The van der Waals surface area contributed by atoms with Gasteiger partial charge in [-0.25, -0.2) is 4.39 Å². The van der Waals surface area contributed by atoms with Crippen molar-refractivity contribution in [2.45, 2.75) is 52.4 Å². The van der Waals surface area contributed by atoms with Gasteiger partial charge in [0.05, 0.1) is 0 Å². The molecule has 0 aliphatic heterocycles. The first kappa shape index (κ1) is 13.4. The van der Waals surface area contributed by atoms with Crippen LogP contribution in [0.5, 0.6) is 0 Å². The molecule has 84 valence electrons. The van der Waals surface area contributed by atoms with E-state index >= 15 is 0 Å². The number of hydrogen-bond donors (Lipinski definition) is 1. The first-order valence-electron chi connectivity index (χ1n) is 4.77. The molecule has 0 saturated carbocycles. The maximum Gasteiger partial charge on any atom is 0.323 e. The smallest absolute Gasteiger partial charge is 0.323 e. The van der Waals surface area contributed by atoms with Crippen LogP contribution in [0.25, 0.3) is 0 Å². The predicted molar refractivity (Wildman–Crippen MR) is 53.6 cm³/mol. The summed E-state index contributed by atoms with van der Waals surface area (Å²) in [4.78, 5) is 11.4. The molecule has 0 saturated heterocycles. The SMILES string of the molecule is CC(F)C(C)C(N)C(=O)OC(C)(C)C. The predicted octanol–water partition coefficient (Wildman–Crippen LogP) is 1.65. The van der Waals surface area contributed by atoms with Gasteiger partial charge in [0.15, 0.2) is 0 Å². The lowest BCUT2D eigenvalue weighted by atomic mass is 9.98. The van der Waals surface area contributed by atoms with Crippen LogP contribution in [0.2, 0.25) is 0 Å². The molecule has 3 nitrogen and oxygen atoms in total. The van der Waals surface area contributed by atoms with E-state index in [2.05, 4.69) is 0 Å². The summed E-state index contributed by atoms with van der Waals surface area (Å²) in [5.41, 5.74) is 4.98. The van der Waals surface area contributed by atoms with Crippen LogP contribution in [0.4, 0.5) is 4.39 Å². The zero-order valence-electron chi connectivity index (χ0n) is 9.50. The second-order valence-corrected chi connectivity index (χ2v) is 4.60. The molecule has 0 spiro atoms. The van der Waals surface area contributed by atoms with E-state index in [4.69, 9.17) is 10.5 Å². The highest BCUT2D eigenvalue weighted by Gasteiger charge is 2.29. The number of esters is 1. The largest absolute Gasteiger partial charge is 0.459 e. The summed E-state index contributed by atoms with van der Waals surface area (Å²) in [6.45, 7) is 8.23. The van der Waals surface area contributed by atoms with Gasteiger partial charge in [-0.05, 0) is 27.7 Å². The second kappa shape index (κ2) is 4.73. The van der Waals surface area contributed by atoms with E-state index in [0.29, 0.717) is 0 Å². The van der Waals surface area contributed by atoms with Gasteiger partial charge in [0.25, 0.3) is 0 Å². The molecule has 0 rings (SSSR count). The molecule has 0 heterocycles. The normalized spacial score (nSPS) is 18.5. The molecule has 0 aromatic rings. The molecule has 3 unspecified atom stereocenters. The van der Waals surface area contributed by atoms with Crippen LogP contribution in [0, 0.1) is 5.92 Å². The van der Waals surface area contributed by atoms with Crippen molar-refractivity contribution in [1.29, 1.82) is 0 Å². The van der Waals surface area contributed by atoms with E-state index in [1.54, 1.807) is 27.7 Å². The maximum absolute atomic E-state index is 12.9. The number of rotatable bonds is 3. The Labute approximate surface area is 84.8 Å². The van der Waals surface area contributed by atoms with Crippen molar-refractivity contribution < 1.29 is 13.9 Å². The molecule has 0 amide bonds. The van der Waals surface area contributed by atoms with E-state index in [1.807, 2.05) is 0 Å². The molecule has 4 heteroatoms. The third-order valence-electron chi connectivity index (χ3n) is 1.97. The molecule has 3 atom stereocenters. The Balaban J connectivity index is 4.26. The number of halogens is 1. The molecule has 2 N–H and O–H groups in total. The van der Waals surface area contributed by atoms with Crippen molar-refractivity contribution in [3.05, 3.63) is 0 Å². The molecule has 0 aliphatic carbocycles. The Hall–Kier alpha value is -0.640. The van der Waals surface area contributed by atoms with Crippen LogP contribution in [-0.4, -0.2) is 23.8 Å². The molecule has 0 bridgehead atoms. The van der Waals surface area contributed by atoms with Gasteiger partial charge in [-0.1, -0.05) is 6.92 Å². The third kappa shape index (κ3) is 4.56. The monoisotopic (exact) mass is 205 g/mol. The minimum absolute atomic E-state index is 0.523. The van der Waals surface area contributed by atoms with Gasteiger partial charge in [0, 0.05) is 5.92 Å². The van der Waals surface area contributed by atoms with Crippen molar-refractivity contribution in [2.75, 3.05) is 0 Å². The van der Waals surface area contributed by atoms with Crippen molar-refractivity contribution in [1.82, 2.24) is 0 Å². The Morgan fingerprint density at radius 2 is 1.79 bits per heavy atom. The van der Waals surface area contributed by atoms with Gasteiger partial charge in [-0.2, -0.15) is 0 Å². The fraction of sp³-hybridized carbons (Fsp3) is 0.900. The standard InChI is InChI=1S/C10H20FNO2/c1-6(7(2)11)8(12)9(13)14-10(3,4)5/h6-8H,12H2,1-5H3. The molecule has 0 fully saturated rings. The van der Waals surface area contributed by atoms with E-state index in [-0.39, 0.29) is 0 Å². The number of carbonyl (C=O) groups excluding carboxylic acids is 1. The van der Waals surface area contributed by atoms with Gasteiger partial charge in [0.2, 0.25) is 0 Å². The average molecular weight is 205 g/mol. The van der Waals surface area contributed by atoms with Gasteiger partial charge in [-0.15, -0.1) is 0 Å². The van der Waals surface area contributed by atoms with E-state index in [9.17, 15) is 9.18 Å². The maximum atomic E-state index is 12.9. The number of alkyl halides is 1. The highest BCUT2D eigenvalue weighted by atomic mass is 19.1. The summed E-state index contributed by atoms with van der Waals surface area (Å²) in [7, 11) is 0. The van der Waals surface area contributed by atoms with Crippen molar-refractivity contribution in [3.63, 3.8) is 0 Å². The fourth-order valence-electron chi connectivity index (χ4n) is 0.870. The Kier molecular flexibility index (Phi) is 4.52. The van der Waals surface area contributed by atoms with E-state index < -0.39 is 29.7 Å². The zero-order chi connectivity index (χ0) is 11.5. The van der Waals surface area contributed by atoms with E-state index in [0.717, 1.165) is 0 Å².